The molecule has 1 aromatic heterocycles. The highest BCUT2D eigenvalue weighted by molar-refractivity contribution is 9.10. The molecule has 0 aliphatic heterocycles. The second kappa shape index (κ2) is 11.4. The monoisotopic (exact) mass is 671 g/mol. The molecule has 0 aliphatic carbocycles. The van der Waals surface area contributed by atoms with Crippen LogP contribution in [0.4, 0.5) is 38.3 Å². The lowest BCUT2D eigenvalue weighted by Crippen LogP contribution is -2.48. The Morgan fingerprint density at radius 3 is 2.02 bits per heavy atom. The van der Waals surface area contributed by atoms with Crippen LogP contribution in [-0.4, -0.2) is 44.0 Å². The summed E-state index contributed by atoms with van der Waals surface area (Å²) in [6.45, 7) is 5.28. The number of nitrogens with zero attached hydrogens (tertiary/aromatic N) is 3. The summed E-state index contributed by atoms with van der Waals surface area (Å²) in [6, 6.07) is 4.17. The molecule has 1 heterocycles. The molecule has 3 aromatic rings. The highest BCUT2D eigenvalue weighted by atomic mass is 79.9. The van der Waals surface area contributed by atoms with Gasteiger partial charge < -0.3 is 13.8 Å². The minimum absolute atomic E-state index is 0.123. The summed E-state index contributed by atoms with van der Waals surface area (Å²) in [5.41, 5.74) is -0.565. The average Bonchev–Trinajstić information content (AvgIpc) is 2.90. The number of anilines is 2. The minimum atomic E-state index is -5.16. The van der Waals surface area contributed by atoms with Gasteiger partial charge in [0.15, 0.2) is 0 Å². The van der Waals surface area contributed by atoms with Gasteiger partial charge in [-0.15, -0.1) is 0 Å². The van der Waals surface area contributed by atoms with Crippen LogP contribution in [0.15, 0.2) is 39.8 Å². The van der Waals surface area contributed by atoms with Crippen molar-refractivity contribution in [2.75, 3.05) is 19.1 Å². The van der Waals surface area contributed by atoms with E-state index < -0.39 is 61.4 Å². The molecule has 2 amide bonds. The van der Waals surface area contributed by atoms with Gasteiger partial charge in [-0.25, -0.2) is 27.8 Å². The third kappa shape index (κ3) is 5.95. The second-order valence-electron chi connectivity index (χ2n) is 9.07. The van der Waals surface area contributed by atoms with E-state index in [0.717, 1.165) is 17.0 Å². The number of halogens is 7. The van der Waals surface area contributed by atoms with E-state index in [1.807, 2.05) is 0 Å². The summed E-state index contributed by atoms with van der Waals surface area (Å²) < 4.78 is 104. The van der Waals surface area contributed by atoms with Crippen LogP contribution in [0.1, 0.15) is 20.8 Å². The predicted octanol–water partition coefficient (Wildman–Crippen LogP) is 6.96. The van der Waals surface area contributed by atoms with E-state index in [2.05, 4.69) is 25.1 Å². The molecule has 0 atom stereocenters. The zero-order valence-electron chi connectivity index (χ0n) is 21.3. The van der Waals surface area contributed by atoms with Gasteiger partial charge in [0.05, 0.1) is 24.0 Å². The Morgan fingerprint density at radius 2 is 1.55 bits per heavy atom. The zero-order valence-corrected chi connectivity index (χ0v) is 24.5. The summed E-state index contributed by atoms with van der Waals surface area (Å²) >= 11 is 9.52. The maximum absolute atomic E-state index is 14.0. The fourth-order valence-corrected chi connectivity index (χ4v) is 4.44. The first kappa shape index (κ1) is 31.4. The van der Waals surface area contributed by atoms with Gasteiger partial charge in [0.1, 0.15) is 16.5 Å². The molecule has 0 unspecified atom stereocenters. The van der Waals surface area contributed by atoms with E-state index in [1.54, 1.807) is 20.8 Å². The number of hydrogen-bond donors (Lipinski definition) is 0. The summed E-state index contributed by atoms with van der Waals surface area (Å²) in [5.74, 6) is -14.2. The van der Waals surface area contributed by atoms with E-state index in [0.29, 0.717) is 10.7 Å². The number of aromatic nitrogens is 1. The predicted molar refractivity (Wildman–Crippen MR) is 139 cm³/mol. The normalized spacial score (nSPS) is 11.8. The number of amides is 2. The third-order valence-electron chi connectivity index (χ3n) is 5.55. The van der Waals surface area contributed by atoms with Gasteiger partial charge in [0.25, 0.3) is 0 Å². The lowest BCUT2D eigenvalue weighted by Gasteiger charge is -2.36. The van der Waals surface area contributed by atoms with Gasteiger partial charge >= 0.3 is 16.1 Å². The van der Waals surface area contributed by atoms with Crippen molar-refractivity contribution in [3.8, 4) is 11.5 Å². The fraction of sp³-hybridized carbons (Fsp3) is 0.250. The van der Waals surface area contributed by atoms with Gasteiger partial charge in [0.2, 0.25) is 34.8 Å². The number of carbonyl (C=O) groups excluding carboxylic acids is 1. The quantitative estimate of drug-likeness (QED) is 0.122. The fourth-order valence-electron chi connectivity index (χ4n) is 3.09. The number of pyridine rings is 1. The first-order valence-corrected chi connectivity index (χ1v) is 13.5. The Balaban J connectivity index is 2.11. The molecule has 0 saturated carbocycles. The van der Waals surface area contributed by atoms with Crippen LogP contribution in [0.2, 0.25) is 5.02 Å². The third-order valence-corrected chi connectivity index (χ3v) is 7.95. The first-order chi connectivity index (χ1) is 18.4. The van der Waals surface area contributed by atoms with Gasteiger partial charge in [-0.1, -0.05) is 11.6 Å². The molecule has 16 heteroatoms. The Labute approximate surface area is 239 Å². The number of urea groups is 1. The Bertz CT molecular complexity index is 1560. The molecule has 0 saturated heterocycles. The molecule has 40 heavy (non-hydrogen) atoms. The molecule has 0 N–H and O–H groups in total. The molecular formula is C24H20BrClF5N3O5S. The van der Waals surface area contributed by atoms with Crippen LogP contribution in [0.3, 0.4) is 0 Å². The van der Waals surface area contributed by atoms with E-state index in [-0.39, 0.29) is 22.3 Å². The molecular weight excluding hydrogens is 653 g/mol. The van der Waals surface area contributed by atoms with Gasteiger partial charge in [0, 0.05) is 17.1 Å². The number of ether oxygens (including phenoxy) is 1. The molecule has 8 nitrogen and oxygen atoms in total. The van der Waals surface area contributed by atoms with Crippen LogP contribution in [0.25, 0.3) is 0 Å². The molecule has 0 spiro atoms. The van der Waals surface area contributed by atoms with Gasteiger partial charge in [-0.05, 0) is 61.0 Å². The summed E-state index contributed by atoms with van der Waals surface area (Å²) in [6.07, 6.45) is 0.668. The van der Waals surface area contributed by atoms with E-state index in [4.69, 9.17) is 16.3 Å². The smallest absolute Gasteiger partial charge is 0.340 e. The molecule has 3 rings (SSSR count). The van der Waals surface area contributed by atoms with Crippen LogP contribution in [-0.2, 0) is 10.1 Å². The Hall–Kier alpha value is -3.17. The van der Waals surface area contributed by atoms with Gasteiger partial charge in [-0.3, -0.25) is 0 Å². The number of hydrogen-bond acceptors (Lipinski definition) is 6. The molecule has 0 fully saturated rings. The molecule has 0 aliphatic rings. The van der Waals surface area contributed by atoms with Crippen molar-refractivity contribution >= 4 is 55.2 Å². The first-order valence-electron chi connectivity index (χ1n) is 10.9. The SMILES string of the molecule is COc1cc(Br)c(Cl)cc1N(C(=O)N(C)C(C)(C)C)c1ccc(S(=O)(=O)Oc2c(F)c(F)c(F)c(F)c2F)cn1. The van der Waals surface area contributed by atoms with Crippen LogP contribution >= 0.6 is 27.5 Å². The zero-order chi connectivity index (χ0) is 30.3. The van der Waals surface area contributed by atoms with Crippen LogP contribution < -0.4 is 13.8 Å². The number of methoxy groups -OCH3 is 1. The van der Waals surface area contributed by atoms with Crippen molar-refractivity contribution in [1.29, 1.82) is 0 Å². The largest absolute Gasteiger partial charge is 0.495 e. The van der Waals surface area contributed by atoms with Crippen molar-refractivity contribution < 1.29 is 44.1 Å². The number of carbonyl (C=O) groups is 1. The number of rotatable bonds is 6. The Kier molecular flexibility index (Phi) is 8.91. The molecule has 2 aromatic carbocycles. The molecule has 0 radical (unpaired) electrons. The van der Waals surface area contributed by atoms with Crippen molar-refractivity contribution in [3.63, 3.8) is 0 Å². The molecule has 216 valence electrons. The van der Waals surface area contributed by atoms with Crippen molar-refractivity contribution in [2.24, 2.45) is 0 Å². The Morgan fingerprint density at radius 1 is 1.00 bits per heavy atom. The minimum Gasteiger partial charge on any atom is -0.495 e. The second-order valence-corrected chi connectivity index (χ2v) is 11.9. The van der Waals surface area contributed by atoms with Crippen molar-refractivity contribution in [2.45, 2.75) is 31.2 Å². The van der Waals surface area contributed by atoms with Gasteiger partial charge in [-0.2, -0.15) is 17.2 Å². The van der Waals surface area contributed by atoms with E-state index in [9.17, 15) is 35.2 Å². The number of benzene rings is 2. The van der Waals surface area contributed by atoms with Crippen molar-refractivity contribution in [3.05, 3.63) is 69.0 Å². The van der Waals surface area contributed by atoms with E-state index in [1.165, 1.54) is 31.2 Å². The lowest BCUT2D eigenvalue weighted by atomic mass is 10.1. The topological polar surface area (TPSA) is 89.0 Å². The highest BCUT2D eigenvalue weighted by Gasteiger charge is 2.34. The average molecular weight is 673 g/mol. The standard InChI is InChI=1S/C24H20BrClF5N3O5S/c1-24(2,3)33(4)23(35)34(14-9-13(26)12(25)8-15(14)38-5)16-7-6-11(10-32-16)40(36,37)39-22-20(30)18(28)17(27)19(29)21(22)31/h6-10H,1-5H3. The summed E-state index contributed by atoms with van der Waals surface area (Å²) in [5, 5.41) is 0.197. The van der Waals surface area contributed by atoms with E-state index >= 15 is 0 Å². The molecule has 0 bridgehead atoms. The van der Waals surface area contributed by atoms with Crippen LogP contribution in [0, 0.1) is 29.1 Å². The highest BCUT2D eigenvalue weighted by Crippen LogP contribution is 2.40. The maximum atomic E-state index is 14.0. The van der Waals surface area contributed by atoms with Crippen LogP contribution in [0.5, 0.6) is 11.5 Å². The summed E-state index contributed by atoms with van der Waals surface area (Å²) in [7, 11) is -2.31. The summed E-state index contributed by atoms with van der Waals surface area (Å²) in [4.78, 5) is 19.2. The maximum Gasteiger partial charge on any atom is 0.340 e. The lowest BCUT2D eigenvalue weighted by molar-refractivity contribution is 0.174. The van der Waals surface area contributed by atoms with Crippen molar-refractivity contribution in [1.82, 2.24) is 9.88 Å².